The highest BCUT2D eigenvalue weighted by atomic mass is 16.3. The second kappa shape index (κ2) is 6.75. The lowest BCUT2D eigenvalue weighted by Gasteiger charge is -2.34. The van der Waals surface area contributed by atoms with Crippen LogP contribution in [0.3, 0.4) is 0 Å². The van der Waals surface area contributed by atoms with Crippen LogP contribution in [0.4, 0.5) is 0 Å². The molecule has 2 atom stereocenters. The lowest BCUT2D eigenvalue weighted by Crippen LogP contribution is -2.45. The summed E-state index contributed by atoms with van der Waals surface area (Å²) in [7, 11) is 0. The minimum absolute atomic E-state index is 0.0447. The normalized spacial score (nSPS) is 21.6. The molecule has 0 bridgehead atoms. The van der Waals surface area contributed by atoms with Crippen LogP contribution in [0.5, 0.6) is 0 Å². The van der Waals surface area contributed by atoms with E-state index in [1.165, 1.54) is 0 Å². The van der Waals surface area contributed by atoms with E-state index in [2.05, 4.69) is 11.8 Å². The van der Waals surface area contributed by atoms with Crippen LogP contribution in [-0.4, -0.2) is 41.7 Å². The van der Waals surface area contributed by atoms with Gasteiger partial charge in [0.2, 0.25) is 0 Å². The number of rotatable bonds is 1. The Bertz CT molecular complexity index is 586. The molecular formula is C17H22N2O2. The third-order valence-corrected chi connectivity index (χ3v) is 4.02. The quantitative estimate of drug-likeness (QED) is 0.761. The molecule has 0 aliphatic carbocycles. The van der Waals surface area contributed by atoms with Crippen LogP contribution in [0.15, 0.2) is 18.2 Å². The van der Waals surface area contributed by atoms with Gasteiger partial charge in [0.1, 0.15) is 0 Å². The molecule has 1 aliphatic heterocycles. The van der Waals surface area contributed by atoms with Gasteiger partial charge in [0.05, 0.1) is 12.6 Å². The summed E-state index contributed by atoms with van der Waals surface area (Å²) < 4.78 is 0. The van der Waals surface area contributed by atoms with Crippen molar-refractivity contribution >= 4 is 5.91 Å². The maximum absolute atomic E-state index is 12.5. The molecule has 4 heteroatoms. The van der Waals surface area contributed by atoms with Gasteiger partial charge in [0.15, 0.2) is 0 Å². The van der Waals surface area contributed by atoms with Gasteiger partial charge in [-0.2, -0.15) is 0 Å². The van der Waals surface area contributed by atoms with Gasteiger partial charge >= 0.3 is 0 Å². The molecule has 1 aromatic rings. The zero-order chi connectivity index (χ0) is 15.4. The van der Waals surface area contributed by atoms with Gasteiger partial charge in [0, 0.05) is 24.2 Å². The Morgan fingerprint density at radius 3 is 2.95 bits per heavy atom. The molecule has 0 spiro atoms. The first-order valence-electron chi connectivity index (χ1n) is 7.30. The molecule has 0 aromatic heterocycles. The average Bonchev–Trinajstić information content (AvgIpc) is 2.48. The molecule has 1 amide bonds. The van der Waals surface area contributed by atoms with E-state index in [9.17, 15) is 9.90 Å². The summed E-state index contributed by atoms with van der Waals surface area (Å²) in [6, 6.07) is 5.53. The molecule has 3 N–H and O–H groups in total. The Kier molecular flexibility index (Phi) is 5.00. The van der Waals surface area contributed by atoms with E-state index in [-0.39, 0.29) is 11.8 Å². The van der Waals surface area contributed by atoms with E-state index in [1.807, 2.05) is 32.0 Å². The third kappa shape index (κ3) is 3.63. The highest BCUT2D eigenvalue weighted by molar-refractivity contribution is 5.94. The van der Waals surface area contributed by atoms with Crippen LogP contribution in [0.2, 0.25) is 0 Å². The minimum atomic E-state index is -0.440. The lowest BCUT2D eigenvalue weighted by atomic mass is 9.95. The Morgan fingerprint density at radius 2 is 2.29 bits per heavy atom. The van der Waals surface area contributed by atoms with Gasteiger partial charge in [-0.3, -0.25) is 4.79 Å². The summed E-state index contributed by atoms with van der Waals surface area (Å²) in [5.74, 6) is 6.01. The molecule has 1 fully saturated rings. The van der Waals surface area contributed by atoms with E-state index in [0.717, 1.165) is 17.5 Å². The first kappa shape index (κ1) is 15.6. The number of benzene rings is 1. The molecule has 2 unspecified atom stereocenters. The van der Waals surface area contributed by atoms with Crippen molar-refractivity contribution in [2.75, 3.05) is 19.6 Å². The van der Waals surface area contributed by atoms with Gasteiger partial charge in [-0.15, -0.1) is 0 Å². The van der Waals surface area contributed by atoms with E-state index >= 15 is 0 Å². The van der Waals surface area contributed by atoms with Crippen LogP contribution in [0.25, 0.3) is 0 Å². The van der Waals surface area contributed by atoms with Gasteiger partial charge < -0.3 is 15.7 Å². The number of nitrogens with two attached hydrogens (primary N) is 1. The van der Waals surface area contributed by atoms with E-state index < -0.39 is 6.10 Å². The molecule has 0 saturated carbocycles. The maximum Gasteiger partial charge on any atom is 0.253 e. The predicted octanol–water partition coefficient (Wildman–Crippen LogP) is 1.15. The summed E-state index contributed by atoms with van der Waals surface area (Å²) in [4.78, 5) is 14.2. The summed E-state index contributed by atoms with van der Waals surface area (Å²) in [5, 5.41) is 9.93. The van der Waals surface area contributed by atoms with Crippen LogP contribution in [0.1, 0.15) is 34.8 Å². The smallest absolute Gasteiger partial charge is 0.253 e. The van der Waals surface area contributed by atoms with Crippen molar-refractivity contribution in [2.45, 2.75) is 26.4 Å². The molecular weight excluding hydrogens is 264 g/mol. The molecule has 1 heterocycles. The van der Waals surface area contributed by atoms with Gasteiger partial charge in [-0.1, -0.05) is 24.8 Å². The number of carbonyl (C=O) groups excluding carboxylic acids is 1. The zero-order valence-electron chi connectivity index (χ0n) is 12.6. The van der Waals surface area contributed by atoms with Crippen LogP contribution < -0.4 is 5.73 Å². The summed E-state index contributed by atoms with van der Waals surface area (Å²) in [6.07, 6.45) is 0.392. The molecule has 1 aromatic carbocycles. The van der Waals surface area contributed by atoms with Crippen molar-refractivity contribution in [1.29, 1.82) is 0 Å². The number of nitrogens with zero attached hydrogens (tertiary/aromatic N) is 1. The maximum atomic E-state index is 12.5. The minimum Gasteiger partial charge on any atom is -0.391 e. The zero-order valence-corrected chi connectivity index (χ0v) is 12.6. The van der Waals surface area contributed by atoms with E-state index in [0.29, 0.717) is 25.2 Å². The molecule has 1 aliphatic rings. The Balaban J connectivity index is 2.20. The highest BCUT2D eigenvalue weighted by Crippen LogP contribution is 2.20. The fourth-order valence-electron chi connectivity index (χ4n) is 2.45. The second-order valence-electron chi connectivity index (χ2n) is 5.62. The van der Waals surface area contributed by atoms with Gasteiger partial charge in [-0.05, 0) is 37.0 Å². The number of hydrogen-bond donors (Lipinski definition) is 2. The number of hydrogen-bond acceptors (Lipinski definition) is 3. The van der Waals surface area contributed by atoms with Crippen LogP contribution in [-0.2, 0) is 0 Å². The van der Waals surface area contributed by atoms with Crippen molar-refractivity contribution in [3.8, 4) is 11.8 Å². The van der Waals surface area contributed by atoms with Crippen molar-refractivity contribution in [3.63, 3.8) is 0 Å². The summed E-state index contributed by atoms with van der Waals surface area (Å²) in [5.41, 5.74) is 7.87. The Morgan fingerprint density at radius 1 is 1.52 bits per heavy atom. The number of aryl methyl sites for hydroxylation is 1. The predicted molar refractivity (Wildman–Crippen MR) is 82.8 cm³/mol. The molecule has 1 saturated heterocycles. The standard InChI is InChI=1S/C17H22N2O2/c1-12-5-6-15(10-14(12)4-3-8-18)17(21)19-9-7-13(2)16(20)11-19/h5-6,10,13,16,20H,7-9,11,18H2,1-2H3. The van der Waals surface area contributed by atoms with Crippen molar-refractivity contribution in [2.24, 2.45) is 11.7 Å². The number of amides is 1. The summed E-state index contributed by atoms with van der Waals surface area (Å²) >= 11 is 0. The van der Waals surface area contributed by atoms with Crippen molar-refractivity contribution < 1.29 is 9.90 Å². The average molecular weight is 286 g/mol. The number of piperidine rings is 1. The SMILES string of the molecule is Cc1ccc(C(=O)N2CCC(C)C(O)C2)cc1C#CCN. The molecule has 21 heavy (non-hydrogen) atoms. The number of aliphatic hydroxyl groups excluding tert-OH is 1. The summed E-state index contributed by atoms with van der Waals surface area (Å²) in [6.45, 7) is 5.36. The Hall–Kier alpha value is -1.83. The monoisotopic (exact) mass is 286 g/mol. The second-order valence-corrected chi connectivity index (χ2v) is 5.62. The fraction of sp³-hybridized carbons (Fsp3) is 0.471. The number of carbonyl (C=O) groups is 1. The Labute approximate surface area is 125 Å². The number of β-amino-alcohol motifs (C(OH)–C–C–N with tert-alkyl or cyclic N) is 1. The first-order chi connectivity index (χ1) is 10.0. The molecule has 2 rings (SSSR count). The molecule has 0 radical (unpaired) electrons. The van der Waals surface area contributed by atoms with Crippen molar-refractivity contribution in [1.82, 2.24) is 4.90 Å². The highest BCUT2D eigenvalue weighted by Gasteiger charge is 2.27. The van der Waals surface area contributed by atoms with Gasteiger partial charge in [0.25, 0.3) is 5.91 Å². The van der Waals surface area contributed by atoms with E-state index in [4.69, 9.17) is 5.73 Å². The molecule has 112 valence electrons. The first-order valence-corrected chi connectivity index (χ1v) is 7.30. The lowest BCUT2D eigenvalue weighted by molar-refractivity contribution is 0.0248. The van der Waals surface area contributed by atoms with Gasteiger partial charge in [-0.25, -0.2) is 0 Å². The van der Waals surface area contributed by atoms with E-state index in [1.54, 1.807) is 4.90 Å². The van der Waals surface area contributed by atoms with Crippen LogP contribution in [0, 0.1) is 24.7 Å². The third-order valence-electron chi connectivity index (χ3n) is 4.02. The van der Waals surface area contributed by atoms with Crippen molar-refractivity contribution in [3.05, 3.63) is 34.9 Å². The topological polar surface area (TPSA) is 66.6 Å². The number of likely N-dealkylation sites (tertiary alicyclic amines) is 1. The largest absolute Gasteiger partial charge is 0.391 e. The number of aliphatic hydroxyl groups is 1. The fourth-order valence-corrected chi connectivity index (χ4v) is 2.45. The van der Waals surface area contributed by atoms with Crippen LogP contribution >= 0.6 is 0 Å². The molecule has 4 nitrogen and oxygen atoms in total.